The topological polar surface area (TPSA) is 82.6 Å². The van der Waals surface area contributed by atoms with E-state index in [9.17, 15) is 13.2 Å². The van der Waals surface area contributed by atoms with Crippen molar-refractivity contribution in [3.63, 3.8) is 0 Å². The van der Waals surface area contributed by atoms with Crippen LogP contribution in [0.1, 0.15) is 30.4 Å². The Hall–Kier alpha value is -1.72. The van der Waals surface area contributed by atoms with Crippen LogP contribution in [0, 0.1) is 19.8 Å². The maximum Gasteiger partial charge on any atom is 0.248 e. The van der Waals surface area contributed by atoms with Crippen molar-refractivity contribution in [3.8, 4) is 5.75 Å². The highest BCUT2D eigenvalue weighted by Gasteiger charge is 2.26. The molecule has 9 nitrogen and oxygen atoms in total. The standard InChI is InChI=1S/C26H44N4O5S/c1-21-18-24(34-5)19-22(2)26(21)36(32,33)28(4)16-17-35-20-25(31)30-10-7-23(8-11-30)6-9-29-14-12-27(3)13-15-29/h18-19,23H,6-17,20H2,1-5H3. The lowest BCUT2D eigenvalue weighted by Gasteiger charge is -2.35. The molecular formula is C26H44N4O5S. The second kappa shape index (κ2) is 13.2. The van der Waals surface area contributed by atoms with Gasteiger partial charge in [0.15, 0.2) is 0 Å². The minimum atomic E-state index is -3.67. The molecule has 0 atom stereocenters. The summed E-state index contributed by atoms with van der Waals surface area (Å²) in [6, 6.07) is 3.44. The van der Waals surface area contributed by atoms with Crippen molar-refractivity contribution in [3.05, 3.63) is 23.3 Å². The number of hydrogen-bond acceptors (Lipinski definition) is 7. The monoisotopic (exact) mass is 524 g/mol. The Morgan fingerprint density at radius 3 is 2.25 bits per heavy atom. The van der Waals surface area contributed by atoms with Gasteiger partial charge >= 0.3 is 0 Å². The van der Waals surface area contributed by atoms with Gasteiger partial charge in [-0.3, -0.25) is 4.79 Å². The number of hydrogen-bond donors (Lipinski definition) is 0. The van der Waals surface area contributed by atoms with Gasteiger partial charge in [-0.05, 0) is 75.9 Å². The Kier molecular flexibility index (Phi) is 10.6. The second-order valence-electron chi connectivity index (χ2n) is 10.2. The quantitative estimate of drug-likeness (QED) is 0.409. The van der Waals surface area contributed by atoms with Gasteiger partial charge < -0.3 is 24.2 Å². The molecule has 2 saturated heterocycles. The van der Waals surface area contributed by atoms with Crippen LogP contribution in [0.25, 0.3) is 0 Å². The van der Waals surface area contributed by atoms with Gasteiger partial charge in [0.2, 0.25) is 15.9 Å². The number of aryl methyl sites for hydroxylation is 2. The number of piperidine rings is 1. The zero-order valence-electron chi connectivity index (χ0n) is 22.7. The van der Waals surface area contributed by atoms with E-state index in [-0.39, 0.29) is 30.6 Å². The van der Waals surface area contributed by atoms with E-state index in [0.717, 1.165) is 58.7 Å². The summed E-state index contributed by atoms with van der Waals surface area (Å²) in [6.45, 7) is 11.2. The van der Waals surface area contributed by atoms with Crippen molar-refractivity contribution in [2.24, 2.45) is 5.92 Å². The molecule has 10 heteroatoms. The van der Waals surface area contributed by atoms with Crippen molar-refractivity contribution in [1.29, 1.82) is 0 Å². The molecule has 1 aromatic carbocycles. The lowest BCUT2D eigenvalue weighted by molar-refractivity contribution is -0.137. The summed E-state index contributed by atoms with van der Waals surface area (Å²) in [7, 11) is 1.60. The SMILES string of the molecule is COc1cc(C)c(S(=O)(=O)N(C)CCOCC(=O)N2CCC(CCN3CCN(C)CC3)CC2)c(C)c1. The van der Waals surface area contributed by atoms with Crippen LogP contribution in [0.4, 0.5) is 0 Å². The third-order valence-corrected chi connectivity index (χ3v) is 9.69. The molecule has 2 heterocycles. The van der Waals surface area contributed by atoms with Crippen LogP contribution in [0.2, 0.25) is 0 Å². The second-order valence-corrected chi connectivity index (χ2v) is 12.2. The molecule has 2 fully saturated rings. The predicted molar refractivity (Wildman–Crippen MR) is 141 cm³/mol. The van der Waals surface area contributed by atoms with Gasteiger partial charge in [0.25, 0.3) is 0 Å². The molecule has 0 radical (unpaired) electrons. The molecule has 0 aliphatic carbocycles. The van der Waals surface area contributed by atoms with Gasteiger partial charge in [0.05, 0.1) is 18.6 Å². The fourth-order valence-corrected chi connectivity index (χ4v) is 6.62. The maximum atomic E-state index is 13.1. The molecule has 0 bridgehead atoms. The molecule has 0 saturated carbocycles. The van der Waals surface area contributed by atoms with Crippen LogP contribution in [-0.4, -0.2) is 120 Å². The summed E-state index contributed by atoms with van der Waals surface area (Å²) in [6.07, 6.45) is 3.29. The van der Waals surface area contributed by atoms with Gasteiger partial charge in [-0.1, -0.05) is 0 Å². The average molecular weight is 525 g/mol. The molecular weight excluding hydrogens is 480 g/mol. The minimum Gasteiger partial charge on any atom is -0.497 e. The number of amides is 1. The highest BCUT2D eigenvalue weighted by atomic mass is 32.2. The number of nitrogens with zero attached hydrogens (tertiary/aromatic N) is 4. The van der Waals surface area contributed by atoms with Crippen molar-refractivity contribution in [2.45, 2.75) is 38.0 Å². The summed E-state index contributed by atoms with van der Waals surface area (Å²) >= 11 is 0. The largest absolute Gasteiger partial charge is 0.497 e. The van der Waals surface area contributed by atoms with Gasteiger partial charge in [-0.25, -0.2) is 8.42 Å². The zero-order chi connectivity index (χ0) is 26.3. The van der Waals surface area contributed by atoms with Crippen LogP contribution in [0.3, 0.4) is 0 Å². The highest BCUT2D eigenvalue weighted by molar-refractivity contribution is 7.89. The number of sulfonamides is 1. The first-order valence-electron chi connectivity index (χ1n) is 13.0. The van der Waals surface area contributed by atoms with E-state index >= 15 is 0 Å². The molecule has 0 aromatic heterocycles. The van der Waals surface area contributed by atoms with Gasteiger partial charge in [-0.15, -0.1) is 0 Å². The number of benzene rings is 1. The average Bonchev–Trinajstić information content (AvgIpc) is 2.85. The maximum absolute atomic E-state index is 13.1. The lowest BCUT2D eigenvalue weighted by atomic mass is 9.93. The molecule has 0 N–H and O–H groups in total. The number of likely N-dealkylation sites (N-methyl/N-ethyl adjacent to an activating group) is 2. The van der Waals surface area contributed by atoms with E-state index in [0.29, 0.717) is 22.8 Å². The minimum absolute atomic E-state index is 0.0135. The van der Waals surface area contributed by atoms with Gasteiger partial charge in [0, 0.05) is 52.9 Å². The molecule has 0 unspecified atom stereocenters. The first-order chi connectivity index (χ1) is 17.1. The third-order valence-electron chi connectivity index (χ3n) is 7.53. The van der Waals surface area contributed by atoms with E-state index < -0.39 is 10.0 Å². The number of carbonyl (C=O) groups is 1. The zero-order valence-corrected chi connectivity index (χ0v) is 23.5. The summed E-state index contributed by atoms with van der Waals surface area (Å²) < 4.78 is 38.3. The van der Waals surface area contributed by atoms with Crippen molar-refractivity contribution in [2.75, 3.05) is 86.8 Å². The fraction of sp³-hybridized carbons (Fsp3) is 0.731. The van der Waals surface area contributed by atoms with Crippen molar-refractivity contribution >= 4 is 15.9 Å². The summed E-state index contributed by atoms with van der Waals surface area (Å²) in [5.41, 5.74) is 1.28. The lowest BCUT2D eigenvalue weighted by Crippen LogP contribution is -2.45. The highest BCUT2D eigenvalue weighted by Crippen LogP contribution is 2.27. The molecule has 2 aliphatic heterocycles. The van der Waals surface area contributed by atoms with Crippen molar-refractivity contribution in [1.82, 2.24) is 19.0 Å². The normalized spacial score (nSPS) is 18.7. The molecule has 3 rings (SSSR count). The number of likely N-dealkylation sites (tertiary alicyclic amines) is 1. The van der Waals surface area contributed by atoms with E-state index in [1.165, 1.54) is 17.8 Å². The number of ether oxygens (including phenoxy) is 2. The Labute approximate surface area is 217 Å². The molecule has 1 amide bonds. The van der Waals surface area contributed by atoms with Crippen LogP contribution in [0.5, 0.6) is 5.75 Å². The van der Waals surface area contributed by atoms with Crippen molar-refractivity contribution < 1.29 is 22.7 Å². The fourth-order valence-electron chi connectivity index (χ4n) is 5.06. The van der Waals surface area contributed by atoms with Gasteiger partial charge in [-0.2, -0.15) is 4.31 Å². The van der Waals surface area contributed by atoms with Crippen LogP contribution in [-0.2, 0) is 19.6 Å². The number of piperazine rings is 1. The first kappa shape index (κ1) is 28.8. The van der Waals surface area contributed by atoms with E-state index in [4.69, 9.17) is 9.47 Å². The number of carbonyl (C=O) groups excluding carboxylic acids is 1. The molecule has 2 aliphatic rings. The molecule has 0 spiro atoms. The predicted octanol–water partition coefficient (Wildman–Crippen LogP) is 1.83. The van der Waals surface area contributed by atoms with Crippen LogP contribution >= 0.6 is 0 Å². The van der Waals surface area contributed by atoms with Crippen LogP contribution in [0.15, 0.2) is 17.0 Å². The summed E-state index contributed by atoms with van der Waals surface area (Å²) in [5.74, 6) is 1.30. The smallest absolute Gasteiger partial charge is 0.248 e. The Balaban J connectivity index is 1.36. The van der Waals surface area contributed by atoms with E-state index in [2.05, 4.69) is 16.8 Å². The Morgan fingerprint density at radius 1 is 1.06 bits per heavy atom. The summed E-state index contributed by atoms with van der Waals surface area (Å²) in [5, 5.41) is 0. The molecule has 1 aromatic rings. The third kappa shape index (κ3) is 7.64. The molecule has 36 heavy (non-hydrogen) atoms. The number of methoxy groups -OCH3 is 1. The Bertz CT molecular complexity index is 948. The number of rotatable bonds is 11. The van der Waals surface area contributed by atoms with E-state index in [1.807, 2.05) is 4.90 Å². The Morgan fingerprint density at radius 2 is 1.67 bits per heavy atom. The molecule has 204 valence electrons. The summed E-state index contributed by atoms with van der Waals surface area (Å²) in [4.78, 5) is 19.7. The van der Waals surface area contributed by atoms with Crippen LogP contribution < -0.4 is 4.74 Å². The van der Waals surface area contributed by atoms with E-state index in [1.54, 1.807) is 33.1 Å². The first-order valence-corrected chi connectivity index (χ1v) is 14.4. The van der Waals surface area contributed by atoms with Gasteiger partial charge in [0.1, 0.15) is 12.4 Å².